The molecule has 3 aromatic carbocycles. The number of ether oxygens (including phenoxy) is 1. The lowest BCUT2D eigenvalue weighted by molar-refractivity contribution is -0.162. The molecule has 1 N–H and O–H groups in total. The van der Waals surface area contributed by atoms with E-state index < -0.39 is 32.5 Å². The number of benzene rings is 3. The fourth-order valence-electron chi connectivity index (χ4n) is 5.03. The second-order valence-corrected chi connectivity index (χ2v) is 16.9. The maximum absolute atomic E-state index is 13.9. The lowest BCUT2D eigenvalue weighted by Crippen LogP contribution is -2.65. The van der Waals surface area contributed by atoms with Crippen molar-refractivity contribution in [3.8, 4) is 0 Å². The minimum atomic E-state index is -2.21. The van der Waals surface area contributed by atoms with Crippen LogP contribution in [0, 0.1) is 5.92 Å². The number of nitrogens with zero attached hydrogens (tertiary/aromatic N) is 1. The third-order valence-corrected chi connectivity index (χ3v) is 12.8. The SMILES string of the molecule is C[C@@H](O[Si](C)(C)C(C)(C)C)[C@@H](NC(=O)OCc1ccccc1)[C@H]1C(=O)N(Cc2ccccc2)[C@@H]1c1ccccc1. The number of carbonyl (C=O) groups excluding carboxylic acids is 2. The third kappa shape index (κ3) is 6.82. The zero-order valence-electron chi connectivity index (χ0n) is 24.5. The summed E-state index contributed by atoms with van der Waals surface area (Å²) in [7, 11) is -2.21. The molecule has 2 amide bonds. The van der Waals surface area contributed by atoms with Gasteiger partial charge in [-0.25, -0.2) is 4.79 Å². The van der Waals surface area contributed by atoms with E-state index in [0.717, 1.165) is 16.7 Å². The Bertz CT molecular complexity index is 1260. The van der Waals surface area contributed by atoms with Crippen LogP contribution in [0.25, 0.3) is 0 Å². The second kappa shape index (κ2) is 12.4. The lowest BCUT2D eigenvalue weighted by atomic mass is 9.75. The van der Waals surface area contributed by atoms with Gasteiger partial charge in [-0.1, -0.05) is 112 Å². The molecule has 0 spiro atoms. The molecular formula is C33H42N2O4Si. The summed E-state index contributed by atoms with van der Waals surface area (Å²) in [5, 5.41) is 3.04. The first-order valence-corrected chi connectivity index (χ1v) is 16.9. The molecule has 6 nitrogen and oxygen atoms in total. The van der Waals surface area contributed by atoms with E-state index >= 15 is 0 Å². The fourth-order valence-corrected chi connectivity index (χ4v) is 6.46. The van der Waals surface area contributed by atoms with Gasteiger partial charge in [-0.05, 0) is 41.7 Å². The van der Waals surface area contributed by atoms with Crippen LogP contribution in [0.3, 0.4) is 0 Å². The van der Waals surface area contributed by atoms with Gasteiger partial charge >= 0.3 is 6.09 Å². The summed E-state index contributed by atoms with van der Waals surface area (Å²) < 4.78 is 12.4. The van der Waals surface area contributed by atoms with E-state index in [4.69, 9.17) is 9.16 Å². The average molecular weight is 559 g/mol. The second-order valence-electron chi connectivity index (χ2n) is 12.1. The fraction of sp³-hybridized carbons (Fsp3) is 0.394. The minimum Gasteiger partial charge on any atom is -0.445 e. The van der Waals surface area contributed by atoms with Crippen molar-refractivity contribution < 1.29 is 18.8 Å². The van der Waals surface area contributed by atoms with Gasteiger partial charge in [0.15, 0.2) is 8.32 Å². The van der Waals surface area contributed by atoms with Crippen LogP contribution < -0.4 is 5.32 Å². The maximum Gasteiger partial charge on any atom is 0.407 e. The van der Waals surface area contributed by atoms with Gasteiger partial charge in [-0.15, -0.1) is 0 Å². The van der Waals surface area contributed by atoms with Crippen molar-refractivity contribution in [1.29, 1.82) is 0 Å². The molecule has 1 aliphatic rings. The van der Waals surface area contributed by atoms with E-state index in [1.54, 1.807) is 0 Å². The molecule has 0 bridgehead atoms. The van der Waals surface area contributed by atoms with Crippen LogP contribution in [0.2, 0.25) is 18.1 Å². The minimum absolute atomic E-state index is 0.00301. The highest BCUT2D eigenvalue weighted by Gasteiger charge is 2.54. The van der Waals surface area contributed by atoms with Crippen molar-refractivity contribution in [1.82, 2.24) is 10.2 Å². The van der Waals surface area contributed by atoms with Gasteiger partial charge < -0.3 is 19.4 Å². The molecule has 212 valence electrons. The van der Waals surface area contributed by atoms with Gasteiger partial charge in [0.1, 0.15) is 6.61 Å². The van der Waals surface area contributed by atoms with Gasteiger partial charge in [0, 0.05) is 6.54 Å². The molecule has 0 saturated carbocycles. The molecule has 0 unspecified atom stereocenters. The Morgan fingerprint density at radius 2 is 1.43 bits per heavy atom. The number of rotatable bonds is 10. The topological polar surface area (TPSA) is 67.9 Å². The number of alkyl carbamates (subject to hydrolysis) is 1. The van der Waals surface area contributed by atoms with Crippen molar-refractivity contribution in [2.24, 2.45) is 5.92 Å². The summed E-state index contributed by atoms with van der Waals surface area (Å²) in [6.07, 6.45) is -0.954. The molecule has 0 radical (unpaired) electrons. The number of carbonyl (C=O) groups is 2. The van der Waals surface area contributed by atoms with E-state index in [-0.39, 0.29) is 23.6 Å². The zero-order valence-corrected chi connectivity index (χ0v) is 25.5. The number of hydrogen-bond acceptors (Lipinski definition) is 4. The predicted octanol–water partition coefficient (Wildman–Crippen LogP) is 7.09. The predicted molar refractivity (Wildman–Crippen MR) is 161 cm³/mol. The van der Waals surface area contributed by atoms with Gasteiger partial charge in [0.25, 0.3) is 0 Å². The summed E-state index contributed by atoms with van der Waals surface area (Å²) in [4.78, 5) is 29.0. The van der Waals surface area contributed by atoms with Gasteiger partial charge in [-0.2, -0.15) is 0 Å². The van der Waals surface area contributed by atoms with Gasteiger partial charge in [0.05, 0.1) is 24.1 Å². The number of amides is 2. The van der Waals surface area contributed by atoms with Gasteiger partial charge in [0.2, 0.25) is 5.91 Å². The quantitative estimate of drug-likeness (QED) is 0.213. The molecule has 4 atom stereocenters. The zero-order chi connectivity index (χ0) is 28.9. The first-order valence-electron chi connectivity index (χ1n) is 14.0. The smallest absolute Gasteiger partial charge is 0.407 e. The standard InChI is InChI=1S/C33H42N2O4Si/c1-24(39-40(5,6)33(2,3)4)29(34-32(37)38-23-26-18-12-8-13-19-26)28-30(27-20-14-9-15-21-27)35(31(28)36)22-25-16-10-7-11-17-25/h7-21,24,28-30H,22-23H2,1-6H3,(H,34,37)/t24-,28-,29-,30-/m1/s1. The summed E-state index contributed by atoms with van der Waals surface area (Å²) in [5.74, 6) is -0.494. The number of nitrogens with one attached hydrogen (secondary N) is 1. The summed E-state index contributed by atoms with van der Waals surface area (Å²) in [5.41, 5.74) is 3.00. The van der Waals surface area contributed by atoms with Crippen LogP contribution in [0.15, 0.2) is 91.0 Å². The van der Waals surface area contributed by atoms with E-state index in [1.165, 1.54) is 0 Å². The average Bonchev–Trinajstić information content (AvgIpc) is 2.93. The Kier molecular flexibility index (Phi) is 9.16. The van der Waals surface area contributed by atoms with Crippen LogP contribution in [-0.2, 0) is 27.1 Å². The molecule has 0 aliphatic carbocycles. The molecule has 3 aromatic rings. The molecule has 1 fully saturated rings. The summed E-state index contributed by atoms with van der Waals surface area (Å²) in [6, 6.07) is 28.8. The molecule has 1 heterocycles. The summed E-state index contributed by atoms with van der Waals surface area (Å²) >= 11 is 0. The van der Waals surface area contributed by atoms with E-state index in [2.05, 4.69) is 39.2 Å². The Balaban J connectivity index is 1.62. The first kappa shape index (κ1) is 29.6. The number of hydrogen-bond donors (Lipinski definition) is 1. The molecule has 7 heteroatoms. The molecule has 1 aliphatic heterocycles. The van der Waals surface area contributed by atoms with Crippen molar-refractivity contribution >= 4 is 20.3 Å². The van der Waals surface area contributed by atoms with Crippen molar-refractivity contribution in [2.75, 3.05) is 0 Å². The molecule has 4 rings (SSSR count). The van der Waals surface area contributed by atoms with E-state index in [1.807, 2.05) is 103 Å². The largest absolute Gasteiger partial charge is 0.445 e. The van der Waals surface area contributed by atoms with Crippen molar-refractivity contribution in [3.05, 3.63) is 108 Å². The highest BCUT2D eigenvalue weighted by atomic mass is 28.4. The highest BCUT2D eigenvalue weighted by Crippen LogP contribution is 2.45. The van der Waals surface area contributed by atoms with Crippen LogP contribution >= 0.6 is 0 Å². The Morgan fingerprint density at radius 3 is 1.98 bits per heavy atom. The Hall–Kier alpha value is -3.42. The van der Waals surface area contributed by atoms with Crippen LogP contribution in [0.1, 0.15) is 50.4 Å². The third-order valence-electron chi connectivity index (χ3n) is 8.26. The molecule has 0 aromatic heterocycles. The first-order chi connectivity index (χ1) is 19.0. The number of likely N-dealkylation sites (tertiary alicyclic amines) is 1. The van der Waals surface area contributed by atoms with Crippen molar-refractivity contribution in [3.63, 3.8) is 0 Å². The van der Waals surface area contributed by atoms with E-state index in [9.17, 15) is 9.59 Å². The molecule has 1 saturated heterocycles. The molecule has 40 heavy (non-hydrogen) atoms. The van der Waals surface area contributed by atoms with Crippen LogP contribution in [0.5, 0.6) is 0 Å². The highest BCUT2D eigenvalue weighted by molar-refractivity contribution is 6.74. The Labute approximate surface area is 239 Å². The van der Waals surface area contributed by atoms with Crippen molar-refractivity contribution in [2.45, 2.75) is 77.2 Å². The monoisotopic (exact) mass is 558 g/mol. The maximum atomic E-state index is 13.9. The van der Waals surface area contributed by atoms with E-state index in [0.29, 0.717) is 6.54 Å². The van der Waals surface area contributed by atoms with Gasteiger partial charge in [-0.3, -0.25) is 4.79 Å². The summed E-state index contributed by atoms with van der Waals surface area (Å²) in [6.45, 7) is 13.6. The lowest BCUT2D eigenvalue weighted by Gasteiger charge is -2.52. The van der Waals surface area contributed by atoms with Crippen LogP contribution in [-0.4, -0.2) is 37.4 Å². The number of β-lactam (4-membered cyclic amide) rings is 1. The van der Waals surface area contributed by atoms with Crippen LogP contribution in [0.4, 0.5) is 4.79 Å². The molecular weight excluding hydrogens is 516 g/mol. The normalized spacial score (nSPS) is 18.9. The Morgan fingerprint density at radius 1 is 0.900 bits per heavy atom.